The molecule has 22 heavy (non-hydrogen) atoms. The van der Waals surface area contributed by atoms with Crippen LogP contribution in [0, 0.1) is 6.92 Å². The van der Waals surface area contributed by atoms with Crippen molar-refractivity contribution in [2.45, 2.75) is 44.4 Å². The second-order valence-corrected chi connectivity index (χ2v) is 7.17. The van der Waals surface area contributed by atoms with Gasteiger partial charge in [0.1, 0.15) is 0 Å². The Balaban J connectivity index is 1.80. The van der Waals surface area contributed by atoms with Crippen LogP contribution in [0.2, 0.25) is 0 Å². The van der Waals surface area contributed by atoms with Crippen LogP contribution in [0.1, 0.15) is 43.9 Å². The van der Waals surface area contributed by atoms with Crippen molar-refractivity contribution < 1.29 is 0 Å². The third-order valence-electron chi connectivity index (χ3n) is 3.12. The first-order chi connectivity index (χ1) is 10.8. The van der Waals surface area contributed by atoms with Crippen LogP contribution in [0.4, 0.5) is 5.13 Å². The van der Waals surface area contributed by atoms with Gasteiger partial charge < -0.3 is 0 Å². The molecule has 0 spiro atoms. The van der Waals surface area contributed by atoms with Gasteiger partial charge in [0, 0.05) is 10.3 Å². The number of hydrogen-bond acceptors (Lipinski definition) is 5. The van der Waals surface area contributed by atoms with E-state index < -0.39 is 0 Å². The summed E-state index contributed by atoms with van der Waals surface area (Å²) in [4.78, 5) is 5.62. The maximum Gasteiger partial charge on any atom is 0.203 e. The lowest BCUT2D eigenvalue weighted by molar-refractivity contribution is 0.706. The Morgan fingerprint density at radius 3 is 3.00 bits per heavy atom. The van der Waals surface area contributed by atoms with E-state index in [0.29, 0.717) is 0 Å². The van der Waals surface area contributed by atoms with E-state index >= 15 is 0 Å². The summed E-state index contributed by atoms with van der Waals surface area (Å²) in [6, 6.07) is 8.50. The third kappa shape index (κ3) is 6.20. The van der Waals surface area contributed by atoms with Gasteiger partial charge in [0.05, 0.1) is 11.9 Å². The number of hydrazone groups is 1. The molecule has 1 aromatic heterocycles. The summed E-state index contributed by atoms with van der Waals surface area (Å²) in [6.45, 7) is 4.23. The zero-order valence-electron chi connectivity index (χ0n) is 13.2. The molecule has 3 nitrogen and oxygen atoms in total. The topological polar surface area (TPSA) is 37.3 Å². The maximum atomic E-state index is 4.31. The number of thiazole rings is 1. The quantitative estimate of drug-likeness (QED) is 0.282. The molecule has 0 amide bonds. The molecular formula is C17H23N3S2. The fourth-order valence-electron chi connectivity index (χ4n) is 1.97. The van der Waals surface area contributed by atoms with Crippen molar-refractivity contribution in [2.24, 2.45) is 5.10 Å². The van der Waals surface area contributed by atoms with E-state index in [9.17, 15) is 0 Å². The van der Waals surface area contributed by atoms with Gasteiger partial charge in [0.25, 0.3) is 0 Å². The van der Waals surface area contributed by atoms with E-state index in [4.69, 9.17) is 0 Å². The van der Waals surface area contributed by atoms with Gasteiger partial charge in [0.15, 0.2) is 0 Å². The van der Waals surface area contributed by atoms with Crippen LogP contribution in [0.5, 0.6) is 0 Å². The Bertz CT molecular complexity index is 593. The molecule has 0 radical (unpaired) electrons. The van der Waals surface area contributed by atoms with Gasteiger partial charge in [-0.2, -0.15) is 5.10 Å². The molecule has 0 unspecified atom stereocenters. The van der Waals surface area contributed by atoms with E-state index in [1.165, 1.54) is 36.3 Å². The number of aryl methyl sites for hydroxylation is 1. The summed E-state index contributed by atoms with van der Waals surface area (Å²) in [5.41, 5.74) is 5.10. The van der Waals surface area contributed by atoms with E-state index in [0.717, 1.165) is 16.4 Å². The first-order valence-electron chi connectivity index (χ1n) is 7.72. The van der Waals surface area contributed by atoms with Crippen molar-refractivity contribution in [3.8, 4) is 0 Å². The number of nitrogens with zero attached hydrogens (tertiary/aromatic N) is 2. The van der Waals surface area contributed by atoms with Gasteiger partial charge >= 0.3 is 0 Å². The standard InChI is InChI=1S/C17H23N3S2/c1-3-4-5-6-10-21-16-9-7-8-15(11-16)12-18-20-17-19-14(2)13-22-17/h7-9,11-13H,3-6,10H2,1-2H3,(H,19,20). The summed E-state index contributed by atoms with van der Waals surface area (Å²) in [6.07, 6.45) is 7.11. The molecule has 0 fully saturated rings. The summed E-state index contributed by atoms with van der Waals surface area (Å²) in [7, 11) is 0. The number of rotatable bonds is 9. The lowest BCUT2D eigenvalue weighted by atomic mass is 10.2. The van der Waals surface area contributed by atoms with E-state index in [2.05, 4.69) is 46.7 Å². The van der Waals surface area contributed by atoms with E-state index in [-0.39, 0.29) is 0 Å². The van der Waals surface area contributed by atoms with Crippen LogP contribution in [0.15, 0.2) is 39.6 Å². The molecule has 1 aromatic carbocycles. The molecule has 0 aliphatic rings. The van der Waals surface area contributed by atoms with E-state index in [1.54, 1.807) is 11.3 Å². The lowest BCUT2D eigenvalue weighted by Gasteiger charge is -2.02. The normalized spacial score (nSPS) is 11.2. The largest absolute Gasteiger partial charge is 0.253 e. The number of benzene rings is 1. The Labute approximate surface area is 141 Å². The Kier molecular flexibility index (Phi) is 7.46. The minimum absolute atomic E-state index is 0.829. The average molecular weight is 334 g/mol. The first-order valence-corrected chi connectivity index (χ1v) is 9.58. The first kappa shape index (κ1) is 17.0. The molecule has 0 saturated heterocycles. The number of anilines is 1. The molecule has 2 aromatic rings. The molecule has 0 aliphatic carbocycles. The van der Waals surface area contributed by atoms with Crippen molar-refractivity contribution in [1.29, 1.82) is 0 Å². The van der Waals surface area contributed by atoms with Gasteiger partial charge in [0.2, 0.25) is 5.13 Å². The average Bonchev–Trinajstić information content (AvgIpc) is 2.93. The summed E-state index contributed by atoms with van der Waals surface area (Å²) in [5.74, 6) is 1.19. The van der Waals surface area contributed by atoms with Crippen LogP contribution in [0.3, 0.4) is 0 Å². The third-order valence-corrected chi connectivity index (χ3v) is 5.06. The number of nitrogens with one attached hydrogen (secondary N) is 1. The highest BCUT2D eigenvalue weighted by Crippen LogP contribution is 2.20. The number of unbranched alkanes of at least 4 members (excludes halogenated alkanes) is 3. The second kappa shape index (κ2) is 9.64. The predicted molar refractivity (Wildman–Crippen MR) is 99.4 cm³/mol. The van der Waals surface area contributed by atoms with Gasteiger partial charge in [-0.3, -0.25) is 5.43 Å². The van der Waals surface area contributed by atoms with Crippen LogP contribution >= 0.6 is 23.1 Å². The highest BCUT2D eigenvalue weighted by molar-refractivity contribution is 7.99. The molecule has 1 N–H and O–H groups in total. The summed E-state index contributed by atoms with van der Waals surface area (Å²) >= 11 is 3.49. The van der Waals surface area contributed by atoms with Crippen molar-refractivity contribution in [3.63, 3.8) is 0 Å². The number of aromatic nitrogens is 1. The molecule has 0 bridgehead atoms. The fourth-order valence-corrected chi connectivity index (χ4v) is 3.59. The van der Waals surface area contributed by atoms with E-state index in [1.807, 2.05) is 30.3 Å². The lowest BCUT2D eigenvalue weighted by Crippen LogP contribution is -1.90. The molecular weight excluding hydrogens is 310 g/mol. The van der Waals surface area contributed by atoms with Gasteiger partial charge in [-0.15, -0.1) is 23.1 Å². The van der Waals surface area contributed by atoms with Crippen LogP contribution in [0.25, 0.3) is 0 Å². The molecule has 0 saturated carbocycles. The zero-order valence-corrected chi connectivity index (χ0v) is 14.8. The van der Waals surface area contributed by atoms with Gasteiger partial charge in [-0.1, -0.05) is 38.3 Å². The highest BCUT2D eigenvalue weighted by atomic mass is 32.2. The van der Waals surface area contributed by atoms with Crippen molar-refractivity contribution in [1.82, 2.24) is 4.98 Å². The van der Waals surface area contributed by atoms with Crippen molar-refractivity contribution in [3.05, 3.63) is 40.9 Å². The van der Waals surface area contributed by atoms with Crippen molar-refractivity contribution in [2.75, 3.05) is 11.2 Å². The Morgan fingerprint density at radius 1 is 1.32 bits per heavy atom. The summed E-state index contributed by atoms with van der Waals surface area (Å²) < 4.78 is 0. The Hall–Kier alpha value is -1.33. The number of thioether (sulfide) groups is 1. The highest BCUT2D eigenvalue weighted by Gasteiger charge is 1.97. The molecule has 1 heterocycles. The molecule has 5 heteroatoms. The molecule has 0 atom stereocenters. The zero-order chi connectivity index (χ0) is 15.6. The van der Waals surface area contributed by atoms with Gasteiger partial charge in [-0.05, 0) is 36.8 Å². The monoisotopic (exact) mass is 333 g/mol. The second-order valence-electron chi connectivity index (χ2n) is 5.15. The van der Waals surface area contributed by atoms with Crippen LogP contribution in [-0.4, -0.2) is 17.0 Å². The van der Waals surface area contributed by atoms with Gasteiger partial charge in [-0.25, -0.2) is 4.98 Å². The molecule has 2 rings (SSSR count). The fraction of sp³-hybridized carbons (Fsp3) is 0.412. The maximum absolute atomic E-state index is 4.31. The van der Waals surface area contributed by atoms with Crippen molar-refractivity contribution >= 4 is 34.4 Å². The minimum atomic E-state index is 0.829. The van der Waals surface area contributed by atoms with Crippen LogP contribution in [-0.2, 0) is 0 Å². The van der Waals surface area contributed by atoms with Crippen LogP contribution < -0.4 is 5.43 Å². The SMILES string of the molecule is CCCCCCSc1cccc(C=NNc2nc(C)cs2)c1. The Morgan fingerprint density at radius 2 is 2.23 bits per heavy atom. The predicted octanol–water partition coefficient (Wildman–Crippen LogP) is 5.57. The number of hydrogen-bond donors (Lipinski definition) is 1. The minimum Gasteiger partial charge on any atom is -0.253 e. The molecule has 0 aliphatic heterocycles. The smallest absolute Gasteiger partial charge is 0.203 e. The molecule has 118 valence electrons. The summed E-state index contributed by atoms with van der Waals surface area (Å²) in [5, 5.41) is 7.09.